The molecular formula is C19H29N3OS. The number of hydrogen-bond donors (Lipinski definition) is 2. The second-order valence-electron chi connectivity index (χ2n) is 4.58. The Hall–Kier alpha value is -2.01. The summed E-state index contributed by atoms with van der Waals surface area (Å²) in [6.45, 7) is 10.9. The van der Waals surface area contributed by atoms with Crippen molar-refractivity contribution in [3.63, 3.8) is 0 Å². The van der Waals surface area contributed by atoms with E-state index >= 15 is 0 Å². The van der Waals surface area contributed by atoms with Crippen LogP contribution in [-0.4, -0.2) is 24.8 Å². The first-order valence-corrected chi connectivity index (χ1v) is 9.10. The first kappa shape index (κ1) is 22.0. The Balaban J connectivity index is 0.00000254. The van der Waals surface area contributed by atoms with Crippen LogP contribution >= 0.6 is 11.9 Å². The molecule has 0 unspecified atom stereocenters. The molecule has 24 heavy (non-hydrogen) atoms. The van der Waals surface area contributed by atoms with E-state index in [0.29, 0.717) is 18.7 Å². The van der Waals surface area contributed by atoms with Gasteiger partial charge in [-0.1, -0.05) is 43.7 Å². The number of nitrogens with one attached hydrogen (secondary N) is 2. The zero-order valence-electron chi connectivity index (χ0n) is 15.3. The second kappa shape index (κ2) is 14.6. The van der Waals surface area contributed by atoms with E-state index in [0.717, 1.165) is 11.4 Å². The van der Waals surface area contributed by atoms with Gasteiger partial charge in [-0.05, 0) is 56.3 Å². The first-order chi connectivity index (χ1) is 11.7. The summed E-state index contributed by atoms with van der Waals surface area (Å²) < 4.78 is 3.13. The van der Waals surface area contributed by atoms with E-state index in [4.69, 9.17) is 0 Å². The van der Waals surface area contributed by atoms with Gasteiger partial charge in [-0.15, -0.1) is 0 Å². The minimum atomic E-state index is -0.0669. The van der Waals surface area contributed by atoms with Crippen LogP contribution in [0.4, 0.5) is 0 Å². The molecule has 0 saturated heterocycles. The van der Waals surface area contributed by atoms with Crippen LogP contribution in [0.1, 0.15) is 43.6 Å². The van der Waals surface area contributed by atoms with Crippen LogP contribution in [0.2, 0.25) is 0 Å². The fraction of sp³-hybridized carbons (Fsp3) is 0.368. The summed E-state index contributed by atoms with van der Waals surface area (Å²) in [6, 6.07) is 7.54. The number of amidine groups is 1. The average molecular weight is 348 g/mol. The highest BCUT2D eigenvalue weighted by Gasteiger charge is 2.03. The minimum absolute atomic E-state index is 0.0669. The Labute approximate surface area is 150 Å². The van der Waals surface area contributed by atoms with Crippen molar-refractivity contribution in [3.8, 4) is 0 Å². The molecule has 0 bridgehead atoms. The van der Waals surface area contributed by atoms with Crippen molar-refractivity contribution in [1.82, 2.24) is 10.0 Å². The summed E-state index contributed by atoms with van der Waals surface area (Å²) >= 11 is 1.46. The van der Waals surface area contributed by atoms with Gasteiger partial charge in [-0.3, -0.25) is 9.79 Å². The van der Waals surface area contributed by atoms with Crippen LogP contribution < -0.4 is 10.0 Å². The highest BCUT2D eigenvalue weighted by Crippen LogP contribution is 2.03. The summed E-state index contributed by atoms with van der Waals surface area (Å²) in [5, 5.41) is 4.82. The molecule has 4 nitrogen and oxygen atoms in total. The molecule has 0 spiro atoms. The third kappa shape index (κ3) is 9.90. The average Bonchev–Trinajstić information content (AvgIpc) is 2.60. The molecule has 0 aliphatic heterocycles. The van der Waals surface area contributed by atoms with E-state index in [1.165, 1.54) is 11.9 Å². The van der Waals surface area contributed by atoms with Gasteiger partial charge in [0, 0.05) is 12.1 Å². The van der Waals surface area contributed by atoms with Crippen molar-refractivity contribution in [3.05, 3.63) is 59.0 Å². The maximum Gasteiger partial charge on any atom is 0.251 e. The molecule has 5 heteroatoms. The smallest absolute Gasteiger partial charge is 0.251 e. The molecular weight excluding hydrogens is 318 g/mol. The van der Waals surface area contributed by atoms with Gasteiger partial charge in [-0.2, -0.15) is 0 Å². The Morgan fingerprint density at radius 1 is 1.25 bits per heavy atom. The maximum absolute atomic E-state index is 12.0. The summed E-state index contributed by atoms with van der Waals surface area (Å²) in [4.78, 5) is 16.4. The summed E-state index contributed by atoms with van der Waals surface area (Å²) in [6.07, 6.45) is 5.78. The van der Waals surface area contributed by atoms with Crippen molar-refractivity contribution >= 4 is 23.7 Å². The van der Waals surface area contributed by atoms with Gasteiger partial charge >= 0.3 is 0 Å². The number of allylic oxidation sites excluding steroid dienone is 2. The van der Waals surface area contributed by atoms with E-state index in [-0.39, 0.29) is 5.91 Å². The highest BCUT2D eigenvalue weighted by molar-refractivity contribution is 8.00. The lowest BCUT2D eigenvalue weighted by Crippen LogP contribution is -2.26. The maximum atomic E-state index is 12.0. The van der Waals surface area contributed by atoms with Gasteiger partial charge in [-0.25, -0.2) is 0 Å². The molecule has 0 aliphatic rings. The molecule has 0 saturated carbocycles. The topological polar surface area (TPSA) is 53.5 Å². The van der Waals surface area contributed by atoms with Crippen LogP contribution in [0.5, 0.6) is 0 Å². The second-order valence-corrected chi connectivity index (χ2v) is 5.29. The lowest BCUT2D eigenvalue weighted by Gasteiger charge is -2.06. The molecule has 0 radical (unpaired) electrons. The number of hydrogen-bond acceptors (Lipinski definition) is 3. The van der Waals surface area contributed by atoms with Crippen molar-refractivity contribution < 1.29 is 4.79 Å². The first-order valence-electron chi connectivity index (χ1n) is 8.22. The number of amides is 1. The lowest BCUT2D eigenvalue weighted by atomic mass is 10.1. The standard InChI is InChI=1S/C17H23N3OS.C2H6/c1-4-7-16(20-22-12-5-2)18-10-11-19-17(21)15-9-6-8-14(3)13-15;1-2/h4-9,12-13H,10-11H2,1-3H3,(H,18,20)(H,19,21);1-2H3/b7-4+,12-5+;. The molecule has 0 fully saturated rings. The lowest BCUT2D eigenvalue weighted by molar-refractivity contribution is 0.0954. The number of benzene rings is 1. The quantitative estimate of drug-likeness (QED) is 0.330. The van der Waals surface area contributed by atoms with Crippen LogP contribution in [0, 0.1) is 6.92 Å². The molecule has 0 atom stereocenters. The molecule has 132 valence electrons. The molecule has 0 aliphatic carbocycles. The van der Waals surface area contributed by atoms with E-state index in [1.54, 1.807) is 0 Å². The Bertz CT molecular complexity index is 565. The van der Waals surface area contributed by atoms with Crippen LogP contribution in [0.25, 0.3) is 0 Å². The van der Waals surface area contributed by atoms with E-state index in [9.17, 15) is 4.79 Å². The van der Waals surface area contributed by atoms with E-state index < -0.39 is 0 Å². The molecule has 0 aromatic heterocycles. The monoisotopic (exact) mass is 347 g/mol. The predicted octanol–water partition coefficient (Wildman–Crippen LogP) is 4.50. The van der Waals surface area contributed by atoms with Crippen molar-refractivity contribution in [1.29, 1.82) is 0 Å². The van der Waals surface area contributed by atoms with Crippen molar-refractivity contribution in [2.75, 3.05) is 13.1 Å². The SMILES string of the molecule is C/C=C/SNC(/C=C/C)=NCCNC(=O)c1cccc(C)c1.CC. The number of rotatable bonds is 7. The largest absolute Gasteiger partial charge is 0.350 e. The molecule has 2 N–H and O–H groups in total. The van der Waals surface area contributed by atoms with Crippen LogP contribution in [-0.2, 0) is 0 Å². The van der Waals surface area contributed by atoms with Crippen molar-refractivity contribution in [2.24, 2.45) is 4.99 Å². The summed E-state index contributed by atoms with van der Waals surface area (Å²) in [5.41, 5.74) is 1.76. The minimum Gasteiger partial charge on any atom is -0.350 e. The fourth-order valence-corrected chi connectivity index (χ4v) is 2.13. The van der Waals surface area contributed by atoms with Gasteiger partial charge in [0.1, 0.15) is 5.84 Å². The number of carbonyl (C=O) groups is 1. The zero-order valence-corrected chi connectivity index (χ0v) is 16.1. The van der Waals surface area contributed by atoms with Gasteiger partial charge in [0.25, 0.3) is 5.91 Å². The Morgan fingerprint density at radius 2 is 2.00 bits per heavy atom. The molecule has 1 rings (SSSR count). The summed E-state index contributed by atoms with van der Waals surface area (Å²) in [7, 11) is 0. The Morgan fingerprint density at radius 3 is 2.62 bits per heavy atom. The normalized spacial score (nSPS) is 11.3. The fourth-order valence-electron chi connectivity index (χ4n) is 1.67. The van der Waals surface area contributed by atoms with Gasteiger partial charge in [0.2, 0.25) is 0 Å². The molecule has 1 aromatic rings. The number of nitrogens with zero attached hydrogens (tertiary/aromatic N) is 1. The highest BCUT2D eigenvalue weighted by atomic mass is 32.2. The van der Waals surface area contributed by atoms with Gasteiger partial charge in [0.05, 0.1) is 6.54 Å². The van der Waals surface area contributed by atoms with Gasteiger partial charge in [0.15, 0.2) is 0 Å². The summed E-state index contributed by atoms with van der Waals surface area (Å²) in [5.74, 6) is 0.720. The number of aliphatic imine (C=N–C) groups is 1. The van der Waals surface area contributed by atoms with E-state index in [1.807, 2.05) is 82.5 Å². The number of carbonyl (C=O) groups excluding carboxylic acids is 1. The van der Waals surface area contributed by atoms with Crippen molar-refractivity contribution in [2.45, 2.75) is 34.6 Å². The Kier molecular flexibility index (Phi) is 13.4. The third-order valence-electron chi connectivity index (χ3n) is 2.65. The predicted molar refractivity (Wildman–Crippen MR) is 108 cm³/mol. The zero-order chi connectivity index (χ0) is 18.2. The van der Waals surface area contributed by atoms with Crippen LogP contribution in [0.15, 0.2) is 52.9 Å². The molecule has 1 amide bonds. The third-order valence-corrected chi connectivity index (χ3v) is 3.39. The molecule has 0 heterocycles. The molecule has 1 aromatic carbocycles. The van der Waals surface area contributed by atoms with E-state index in [2.05, 4.69) is 15.0 Å². The number of aryl methyl sites for hydroxylation is 1. The van der Waals surface area contributed by atoms with Gasteiger partial charge < -0.3 is 10.0 Å². The van der Waals surface area contributed by atoms with Crippen LogP contribution in [0.3, 0.4) is 0 Å².